The Morgan fingerprint density at radius 1 is 1.05 bits per heavy atom. The number of carbonyl (C=O) groups is 1. The number of rotatable bonds is 10. The number of hydrogen-bond donors (Lipinski definition) is 1. The minimum Gasteiger partial charge on any atom is -0.494 e. The lowest BCUT2D eigenvalue weighted by Gasteiger charge is -2.30. The third kappa shape index (κ3) is 6.71. The molecule has 0 aliphatic carbocycles. The predicted octanol–water partition coefficient (Wildman–Crippen LogP) is 3.65. The molecule has 42 heavy (non-hydrogen) atoms. The fourth-order valence-corrected chi connectivity index (χ4v) is 6.77. The first-order valence-electron chi connectivity index (χ1n) is 15.7. The molecule has 226 valence electrons. The van der Waals surface area contributed by atoms with E-state index in [1.54, 1.807) is 7.11 Å². The molecule has 0 spiro atoms. The molecule has 6 rings (SSSR count). The Kier molecular flexibility index (Phi) is 9.52. The first-order valence-corrected chi connectivity index (χ1v) is 15.7. The van der Waals surface area contributed by atoms with Crippen LogP contribution in [0.15, 0.2) is 42.7 Å². The smallest absolute Gasteiger partial charge is 0.222 e. The van der Waals surface area contributed by atoms with Crippen LogP contribution in [0, 0.1) is 0 Å². The number of hydrogen-bond acceptors (Lipinski definition) is 8. The highest BCUT2D eigenvalue weighted by molar-refractivity contribution is 5.94. The van der Waals surface area contributed by atoms with Gasteiger partial charge in [-0.25, -0.2) is 0 Å². The van der Waals surface area contributed by atoms with Crippen LogP contribution in [0.3, 0.4) is 0 Å². The molecule has 0 saturated carbocycles. The summed E-state index contributed by atoms with van der Waals surface area (Å²) in [5.74, 6) is 0.944. The molecule has 1 N–H and O–H groups in total. The summed E-state index contributed by atoms with van der Waals surface area (Å²) >= 11 is 0. The number of anilines is 1. The molecule has 1 unspecified atom stereocenters. The van der Waals surface area contributed by atoms with Crippen LogP contribution < -0.4 is 15.0 Å². The van der Waals surface area contributed by atoms with E-state index in [-0.39, 0.29) is 11.9 Å². The number of amides is 1. The lowest BCUT2D eigenvalue weighted by Crippen LogP contribution is -2.38. The van der Waals surface area contributed by atoms with Crippen LogP contribution in [0.1, 0.15) is 56.3 Å². The van der Waals surface area contributed by atoms with Crippen LogP contribution in [-0.2, 0) is 9.53 Å². The molecule has 3 saturated heterocycles. The second-order valence-corrected chi connectivity index (χ2v) is 11.8. The van der Waals surface area contributed by atoms with Gasteiger partial charge in [-0.15, -0.1) is 0 Å². The highest BCUT2D eigenvalue weighted by Gasteiger charge is 2.30. The van der Waals surface area contributed by atoms with Gasteiger partial charge in [0.15, 0.2) is 0 Å². The number of aromatic nitrogens is 3. The van der Waals surface area contributed by atoms with Crippen molar-refractivity contribution in [3.63, 3.8) is 0 Å². The highest BCUT2D eigenvalue weighted by Crippen LogP contribution is 2.36. The third-order valence-corrected chi connectivity index (χ3v) is 9.08. The van der Waals surface area contributed by atoms with Gasteiger partial charge in [-0.1, -0.05) is 6.07 Å². The van der Waals surface area contributed by atoms with E-state index >= 15 is 0 Å². The minimum absolute atomic E-state index is 0.0784. The first kappa shape index (κ1) is 28.9. The van der Waals surface area contributed by atoms with Crippen LogP contribution in [0.4, 0.5) is 5.69 Å². The zero-order valence-corrected chi connectivity index (χ0v) is 24.9. The van der Waals surface area contributed by atoms with Crippen molar-refractivity contribution < 1.29 is 14.3 Å². The summed E-state index contributed by atoms with van der Waals surface area (Å²) in [5, 5.41) is 9.39. The Bertz CT molecular complexity index is 1320. The molecule has 3 aromatic rings. The maximum absolute atomic E-state index is 13.3. The topological polar surface area (TPSA) is 88.0 Å². The van der Waals surface area contributed by atoms with E-state index in [2.05, 4.69) is 49.1 Å². The summed E-state index contributed by atoms with van der Waals surface area (Å²) in [4.78, 5) is 25.3. The molecule has 0 bridgehead atoms. The summed E-state index contributed by atoms with van der Waals surface area (Å²) in [5.41, 5.74) is 3.00. The van der Waals surface area contributed by atoms with Gasteiger partial charge in [0.2, 0.25) is 5.91 Å². The largest absolute Gasteiger partial charge is 0.494 e. The third-order valence-electron chi connectivity index (χ3n) is 9.08. The van der Waals surface area contributed by atoms with E-state index in [4.69, 9.17) is 19.6 Å². The highest BCUT2D eigenvalue weighted by atomic mass is 16.5. The van der Waals surface area contributed by atoms with Crippen molar-refractivity contribution in [3.05, 3.63) is 48.4 Å². The van der Waals surface area contributed by atoms with E-state index in [1.165, 1.54) is 12.8 Å². The molecule has 1 atom stereocenters. The maximum Gasteiger partial charge on any atom is 0.222 e. The second-order valence-electron chi connectivity index (χ2n) is 11.8. The molecule has 10 heteroatoms. The van der Waals surface area contributed by atoms with Crippen molar-refractivity contribution >= 4 is 22.5 Å². The van der Waals surface area contributed by atoms with E-state index in [0.29, 0.717) is 19.0 Å². The number of carbonyl (C=O) groups excluding carboxylic acids is 1. The van der Waals surface area contributed by atoms with Crippen molar-refractivity contribution in [1.82, 2.24) is 29.9 Å². The molecule has 10 nitrogen and oxygen atoms in total. The standard InChI is InChI=1S/C32H45N7O3/c1-41-29-8-7-25-6-4-12-34-31(25)32(29)38-17-5-16-37(20-21-38)28(24-30(40)33-13-19-36-14-2-3-15-36)27-9-18-39(35-27)26-10-22-42-23-11-26/h4,6-9,12,18,26,28H,2-3,5,10-11,13-17,19-24H2,1H3,(H,33,40). The van der Waals surface area contributed by atoms with Crippen LogP contribution in [0.2, 0.25) is 0 Å². The summed E-state index contributed by atoms with van der Waals surface area (Å²) < 4.78 is 13.5. The number of nitrogens with zero attached hydrogens (tertiary/aromatic N) is 6. The zero-order chi connectivity index (χ0) is 28.7. The van der Waals surface area contributed by atoms with Crippen LogP contribution >= 0.6 is 0 Å². The summed E-state index contributed by atoms with van der Waals surface area (Å²) in [6, 6.07) is 10.6. The summed E-state index contributed by atoms with van der Waals surface area (Å²) in [7, 11) is 1.73. The van der Waals surface area contributed by atoms with Gasteiger partial charge in [-0.3, -0.25) is 19.4 Å². The van der Waals surface area contributed by atoms with Crippen LogP contribution in [0.25, 0.3) is 10.9 Å². The number of nitrogens with one attached hydrogen (secondary N) is 1. The van der Waals surface area contributed by atoms with E-state index in [9.17, 15) is 4.79 Å². The normalized spacial score (nSPS) is 20.1. The average molecular weight is 576 g/mol. The van der Waals surface area contributed by atoms with E-state index in [0.717, 1.165) is 106 Å². The Morgan fingerprint density at radius 2 is 1.90 bits per heavy atom. The van der Waals surface area contributed by atoms with Crippen molar-refractivity contribution in [2.24, 2.45) is 0 Å². The van der Waals surface area contributed by atoms with Crippen molar-refractivity contribution in [2.45, 2.75) is 50.6 Å². The van der Waals surface area contributed by atoms with Gasteiger partial charge < -0.3 is 24.6 Å². The van der Waals surface area contributed by atoms with Crippen LogP contribution in [0.5, 0.6) is 5.75 Å². The molecule has 5 heterocycles. The number of likely N-dealkylation sites (tertiary alicyclic amines) is 1. The van der Waals surface area contributed by atoms with Gasteiger partial charge in [0.05, 0.1) is 30.4 Å². The van der Waals surface area contributed by atoms with E-state index < -0.39 is 0 Å². The number of fused-ring (bicyclic) bond motifs is 1. The number of methoxy groups -OCH3 is 1. The molecule has 1 amide bonds. The summed E-state index contributed by atoms with van der Waals surface area (Å²) in [6.45, 7) is 8.89. The number of pyridine rings is 1. The molecular formula is C32H45N7O3. The Morgan fingerprint density at radius 3 is 2.74 bits per heavy atom. The van der Waals surface area contributed by atoms with Crippen molar-refractivity contribution in [3.8, 4) is 5.75 Å². The summed E-state index contributed by atoms with van der Waals surface area (Å²) in [6.07, 6.45) is 9.80. The van der Waals surface area contributed by atoms with Gasteiger partial charge in [-0.2, -0.15) is 5.10 Å². The minimum atomic E-state index is -0.0784. The lowest BCUT2D eigenvalue weighted by atomic mass is 10.1. The molecule has 1 aromatic carbocycles. The second kappa shape index (κ2) is 13.8. The zero-order valence-electron chi connectivity index (χ0n) is 24.9. The molecule has 0 radical (unpaired) electrons. The fraction of sp³-hybridized carbons (Fsp3) is 0.594. The molecule has 3 aliphatic rings. The van der Waals surface area contributed by atoms with Crippen molar-refractivity contribution in [2.75, 3.05) is 77.6 Å². The Hall–Kier alpha value is -3.21. The Balaban J connectivity index is 1.19. The quantitative estimate of drug-likeness (QED) is 0.392. The SMILES string of the molecule is COc1ccc2cccnc2c1N1CCCN(C(CC(=O)NCCN2CCCC2)c2ccn(C3CCOCC3)n2)CC1. The van der Waals surface area contributed by atoms with Crippen molar-refractivity contribution in [1.29, 1.82) is 0 Å². The predicted molar refractivity (Wildman–Crippen MR) is 164 cm³/mol. The molecule has 3 aliphatic heterocycles. The maximum atomic E-state index is 13.3. The first-order chi connectivity index (χ1) is 20.7. The van der Waals surface area contributed by atoms with Gasteiger partial charge in [-0.05, 0) is 69.5 Å². The number of benzene rings is 1. The monoisotopic (exact) mass is 575 g/mol. The molecular weight excluding hydrogens is 530 g/mol. The molecule has 2 aromatic heterocycles. The van der Waals surface area contributed by atoms with E-state index in [1.807, 2.05) is 18.3 Å². The average Bonchev–Trinajstić information content (AvgIpc) is 3.68. The number of ether oxygens (including phenoxy) is 2. The van der Waals surface area contributed by atoms with Crippen LogP contribution in [-0.4, -0.2) is 103 Å². The fourth-order valence-electron chi connectivity index (χ4n) is 6.77. The van der Waals surface area contributed by atoms with Gasteiger partial charge in [0.1, 0.15) is 11.4 Å². The Labute approximate surface area is 248 Å². The lowest BCUT2D eigenvalue weighted by molar-refractivity contribution is -0.122. The van der Waals surface area contributed by atoms with Gasteiger partial charge >= 0.3 is 0 Å². The molecule has 3 fully saturated rings. The van der Waals surface area contributed by atoms with Gasteiger partial charge in [0, 0.05) is 76.7 Å². The van der Waals surface area contributed by atoms with Gasteiger partial charge in [0.25, 0.3) is 0 Å².